The van der Waals surface area contributed by atoms with Crippen LogP contribution in [-0.4, -0.2) is 56.9 Å². The van der Waals surface area contributed by atoms with Gasteiger partial charge in [-0.05, 0) is 210 Å². The molecular weight excluding hydrogens is 1170 g/mol. The average Bonchev–Trinajstić information content (AvgIpc) is 1.51. The highest BCUT2D eigenvalue weighted by atomic mass is 16.5. The predicted octanol–water partition coefficient (Wildman–Crippen LogP) is 18.4. The van der Waals surface area contributed by atoms with Gasteiger partial charge >= 0.3 is 0 Å². The third-order valence-electron chi connectivity index (χ3n) is 18.3. The molecule has 8 N–H and O–H groups in total. The van der Waals surface area contributed by atoms with Crippen molar-refractivity contribution in [1.82, 2.24) is 0 Å². The molecule has 0 amide bonds. The predicted molar refractivity (Wildman–Crippen MR) is 382 cm³/mol. The molecule has 2 aliphatic carbocycles. The Balaban J connectivity index is 1.30. The van der Waals surface area contributed by atoms with Gasteiger partial charge in [-0.15, -0.1) is 0 Å². The Morgan fingerprint density at radius 2 is 0.362 bits per heavy atom. The van der Waals surface area contributed by atoms with Gasteiger partial charge in [0, 0.05) is 78.4 Å². The first-order valence-electron chi connectivity index (χ1n) is 30.7. The van der Waals surface area contributed by atoms with E-state index in [4.69, 9.17) is 60.8 Å². The van der Waals surface area contributed by atoms with Crippen LogP contribution in [0, 0.1) is 0 Å². The second-order valence-corrected chi connectivity index (χ2v) is 23.1. The van der Waals surface area contributed by atoms with E-state index >= 15 is 0 Å². The molecule has 0 bridgehead atoms. The average molecular weight is 1240 g/mol. The van der Waals surface area contributed by atoms with E-state index in [2.05, 4.69) is 121 Å². The summed E-state index contributed by atoms with van der Waals surface area (Å²) in [5, 5.41) is 0. The Labute approximate surface area is 546 Å². The molecule has 0 atom stereocenters. The standard InChI is InChI=1S/C82H68N4O8/c1-87-55-25-9-45(10-26-55)63-41-53(83)43-65-73(63)77-67(47-13-29-57(89-3)30-14-47)69(49-17-33-59(91-5)34-18-49)81(85)71(51-21-37-61(93-7)38-22-51)79(77)75(65)76-66-44-54(84)42-64(46-11-27-56(88-2)28-12-46)74(66)78-68(48-15-31-58(90-4)32-16-48)70(50-19-35-60(92-6)36-20-50)82(86)72(80(76)78)52-23-39-62(94-8)40-24-52/h9-44H,83-86H2,1-8H3/b76-75+. The maximum Gasteiger partial charge on any atom is 0.118 e. The minimum Gasteiger partial charge on any atom is -0.497 e. The van der Waals surface area contributed by atoms with Crippen LogP contribution in [0.15, 0.2) is 218 Å². The molecule has 0 spiro atoms. The van der Waals surface area contributed by atoms with Crippen molar-refractivity contribution in [3.05, 3.63) is 241 Å². The van der Waals surface area contributed by atoms with Gasteiger partial charge in [0.15, 0.2) is 0 Å². The largest absolute Gasteiger partial charge is 0.497 e. The summed E-state index contributed by atoms with van der Waals surface area (Å²) in [5.74, 6) is 5.55. The lowest BCUT2D eigenvalue weighted by Crippen LogP contribution is -2.05. The van der Waals surface area contributed by atoms with Gasteiger partial charge in [0.2, 0.25) is 0 Å². The number of nitrogen functional groups attached to an aromatic ring is 4. The van der Waals surface area contributed by atoms with Gasteiger partial charge in [0.05, 0.1) is 56.9 Å². The molecule has 12 heteroatoms. The summed E-state index contributed by atoms with van der Waals surface area (Å²) in [6, 6.07) is 73.5. The van der Waals surface area contributed by atoms with E-state index < -0.39 is 0 Å². The van der Waals surface area contributed by atoms with Gasteiger partial charge in [-0.25, -0.2) is 0 Å². The van der Waals surface area contributed by atoms with Gasteiger partial charge in [0.25, 0.3) is 0 Å². The molecule has 14 rings (SSSR count). The molecule has 0 aromatic heterocycles. The number of hydrogen-bond donors (Lipinski definition) is 4. The summed E-state index contributed by atoms with van der Waals surface area (Å²) in [7, 11) is 13.4. The number of hydrogen-bond acceptors (Lipinski definition) is 12. The lowest BCUT2D eigenvalue weighted by molar-refractivity contribution is 0.414. The Hall–Kier alpha value is -12.0. The van der Waals surface area contributed by atoms with Crippen LogP contribution < -0.4 is 60.8 Å². The van der Waals surface area contributed by atoms with E-state index in [0.717, 1.165) is 145 Å². The minimum absolute atomic E-state index is 0.526. The maximum absolute atomic E-state index is 8.27. The molecule has 12 aromatic carbocycles. The van der Waals surface area contributed by atoms with Crippen molar-refractivity contribution in [1.29, 1.82) is 0 Å². The van der Waals surface area contributed by atoms with Crippen molar-refractivity contribution in [2.24, 2.45) is 0 Å². The van der Waals surface area contributed by atoms with Crippen LogP contribution in [0.1, 0.15) is 22.3 Å². The number of fused-ring (bicyclic) bond motifs is 6. The van der Waals surface area contributed by atoms with Gasteiger partial charge in [0.1, 0.15) is 46.0 Å². The quantitative estimate of drug-likeness (QED) is 0.0674. The summed E-state index contributed by atoms with van der Waals surface area (Å²) in [5.41, 5.74) is 56.1. The van der Waals surface area contributed by atoms with Gasteiger partial charge in [-0.3, -0.25) is 0 Å². The SMILES string of the molecule is COc1ccc(-c2cc(N)cc3c2-c2c(c(-c4ccc(OC)cc4)c(N)c(-c4ccc(OC)cc4)c2-c2ccc(OC)cc2)/C3=C2\c3cc(N)cc(-c4ccc(OC)cc4)c3-c3c2c(-c2ccc(OC)cc2)c(N)c(-c2ccc(OC)cc2)c3-c2ccc(OC)cc2)cc1. The van der Waals surface area contributed by atoms with E-state index in [0.29, 0.717) is 68.7 Å². The lowest BCUT2D eigenvalue weighted by atomic mass is 9.78. The Bertz CT molecular complexity index is 4640. The summed E-state index contributed by atoms with van der Waals surface area (Å²) in [4.78, 5) is 0. The molecule has 12 aromatic rings. The fourth-order valence-corrected chi connectivity index (χ4v) is 13.9. The molecule has 0 fully saturated rings. The van der Waals surface area contributed by atoms with Crippen LogP contribution in [0.4, 0.5) is 22.7 Å². The molecule has 2 aliphatic rings. The van der Waals surface area contributed by atoms with E-state index in [1.54, 1.807) is 56.9 Å². The first-order chi connectivity index (χ1) is 45.9. The lowest BCUT2D eigenvalue weighted by Gasteiger charge is -2.26. The number of methoxy groups -OCH3 is 8. The second kappa shape index (κ2) is 24.3. The smallest absolute Gasteiger partial charge is 0.118 e. The fraction of sp³-hybridized carbons (Fsp3) is 0.0976. The zero-order valence-electron chi connectivity index (χ0n) is 53.4. The van der Waals surface area contributed by atoms with Crippen molar-refractivity contribution in [2.75, 3.05) is 79.8 Å². The Morgan fingerprint density at radius 1 is 0.181 bits per heavy atom. The molecule has 464 valence electrons. The van der Waals surface area contributed by atoms with Crippen molar-refractivity contribution < 1.29 is 37.9 Å². The summed E-state index contributed by atoms with van der Waals surface area (Å²) < 4.78 is 46.8. The number of anilines is 4. The van der Waals surface area contributed by atoms with E-state index in [9.17, 15) is 0 Å². The highest BCUT2D eigenvalue weighted by molar-refractivity contribution is 6.31. The summed E-state index contributed by atoms with van der Waals surface area (Å²) in [6.45, 7) is 0. The van der Waals surface area contributed by atoms with E-state index in [1.165, 1.54) is 0 Å². The van der Waals surface area contributed by atoms with Crippen LogP contribution in [0.25, 0.3) is 122 Å². The van der Waals surface area contributed by atoms with Crippen LogP contribution in [-0.2, 0) is 0 Å². The molecule has 0 radical (unpaired) electrons. The van der Waals surface area contributed by atoms with Crippen molar-refractivity contribution in [3.8, 4) is 157 Å². The van der Waals surface area contributed by atoms with Crippen molar-refractivity contribution >= 4 is 33.9 Å². The van der Waals surface area contributed by atoms with Crippen LogP contribution >= 0.6 is 0 Å². The Kier molecular flexibility index (Phi) is 15.4. The zero-order valence-corrected chi connectivity index (χ0v) is 53.4. The highest BCUT2D eigenvalue weighted by Gasteiger charge is 2.44. The molecule has 0 aliphatic heterocycles. The summed E-state index contributed by atoms with van der Waals surface area (Å²) >= 11 is 0. The first-order valence-corrected chi connectivity index (χ1v) is 30.7. The minimum atomic E-state index is 0.526. The molecule has 0 saturated carbocycles. The van der Waals surface area contributed by atoms with Crippen molar-refractivity contribution in [3.63, 3.8) is 0 Å². The van der Waals surface area contributed by atoms with Gasteiger partial charge < -0.3 is 60.8 Å². The second-order valence-electron chi connectivity index (χ2n) is 23.1. The third-order valence-corrected chi connectivity index (χ3v) is 18.3. The van der Waals surface area contributed by atoms with E-state index in [-0.39, 0.29) is 0 Å². The highest BCUT2D eigenvalue weighted by Crippen LogP contribution is 2.67. The van der Waals surface area contributed by atoms with Gasteiger partial charge in [-0.1, -0.05) is 97.1 Å². The number of nitrogens with two attached hydrogens (primary N) is 4. The molecular formula is C82H68N4O8. The van der Waals surface area contributed by atoms with Crippen LogP contribution in [0.3, 0.4) is 0 Å². The molecule has 0 unspecified atom stereocenters. The number of benzene rings is 12. The summed E-state index contributed by atoms with van der Waals surface area (Å²) in [6.07, 6.45) is 0. The van der Waals surface area contributed by atoms with Crippen LogP contribution in [0.2, 0.25) is 0 Å². The zero-order chi connectivity index (χ0) is 65.1. The third kappa shape index (κ3) is 9.94. The number of ether oxygens (including phenoxy) is 8. The maximum atomic E-state index is 8.27. The molecule has 0 heterocycles. The fourth-order valence-electron chi connectivity index (χ4n) is 13.9. The monoisotopic (exact) mass is 1240 g/mol. The molecule has 12 nitrogen and oxygen atoms in total. The topological polar surface area (TPSA) is 178 Å². The van der Waals surface area contributed by atoms with Crippen LogP contribution in [0.5, 0.6) is 46.0 Å². The normalized spacial score (nSPS) is 12.5. The first kappa shape index (κ1) is 59.6. The van der Waals surface area contributed by atoms with E-state index in [1.807, 2.05) is 97.1 Å². The Morgan fingerprint density at radius 3 is 0.574 bits per heavy atom. The molecule has 94 heavy (non-hydrogen) atoms. The van der Waals surface area contributed by atoms with Gasteiger partial charge in [-0.2, -0.15) is 0 Å². The molecule has 0 saturated heterocycles. The number of rotatable bonds is 16. The van der Waals surface area contributed by atoms with Crippen molar-refractivity contribution in [2.45, 2.75) is 0 Å².